The first-order chi connectivity index (χ1) is 5.67. The highest BCUT2D eigenvalue weighted by Crippen LogP contribution is 2.40. The highest BCUT2D eigenvalue weighted by molar-refractivity contribution is 4.88. The molecule has 1 aromatic rings. The van der Waals surface area contributed by atoms with E-state index in [-0.39, 0.29) is 18.9 Å². The van der Waals surface area contributed by atoms with Crippen molar-refractivity contribution in [1.82, 2.24) is 9.78 Å². The van der Waals surface area contributed by atoms with Gasteiger partial charge in [-0.2, -0.15) is 5.10 Å². The third-order valence-electron chi connectivity index (χ3n) is 2.28. The van der Waals surface area contributed by atoms with Gasteiger partial charge in [0, 0.05) is 25.2 Å². The first-order valence-corrected chi connectivity index (χ1v) is 4.04. The molecule has 2 nitrogen and oxygen atoms in total. The van der Waals surface area contributed by atoms with Gasteiger partial charge in [0.05, 0.1) is 6.04 Å². The minimum absolute atomic E-state index is 0.00245. The number of aromatic nitrogens is 2. The number of hydrogen-bond donors (Lipinski definition) is 0. The third kappa shape index (κ3) is 1.33. The first-order valence-electron chi connectivity index (χ1n) is 4.04. The number of nitrogens with zero attached hydrogens (tertiary/aromatic N) is 2. The van der Waals surface area contributed by atoms with Crippen molar-refractivity contribution in [1.29, 1.82) is 0 Å². The Hall–Kier alpha value is -0.930. The normalized spacial score (nSPS) is 27.7. The second kappa shape index (κ2) is 2.54. The van der Waals surface area contributed by atoms with Crippen LogP contribution in [0.3, 0.4) is 0 Å². The molecule has 1 aliphatic carbocycles. The summed E-state index contributed by atoms with van der Waals surface area (Å²) < 4.78 is 27.1. The van der Waals surface area contributed by atoms with Crippen LogP contribution in [0.25, 0.3) is 0 Å². The molecular formula is C8H10F2N2. The fraction of sp³-hybridized carbons (Fsp3) is 0.625. The van der Waals surface area contributed by atoms with Crippen molar-refractivity contribution in [2.75, 3.05) is 0 Å². The molecule has 0 N–H and O–H groups in total. The van der Waals surface area contributed by atoms with E-state index in [9.17, 15) is 8.78 Å². The zero-order chi connectivity index (χ0) is 8.60. The molecule has 1 fully saturated rings. The molecule has 0 radical (unpaired) electrons. The fourth-order valence-corrected chi connectivity index (χ4v) is 1.65. The van der Waals surface area contributed by atoms with E-state index in [0.717, 1.165) is 0 Å². The van der Waals surface area contributed by atoms with Crippen LogP contribution >= 0.6 is 0 Å². The molecule has 4 heteroatoms. The minimum atomic E-state index is -2.48. The number of alkyl halides is 2. The SMILES string of the molecule is FC1(F)CCC(n2cccn2)C1. The largest absolute Gasteiger partial charge is 0.269 e. The van der Waals surface area contributed by atoms with Gasteiger partial charge >= 0.3 is 0 Å². The highest BCUT2D eigenvalue weighted by Gasteiger charge is 2.40. The van der Waals surface area contributed by atoms with Gasteiger partial charge in [-0.05, 0) is 12.5 Å². The average molecular weight is 172 g/mol. The summed E-state index contributed by atoms with van der Waals surface area (Å²) in [4.78, 5) is 0. The molecule has 0 bridgehead atoms. The molecule has 0 saturated heterocycles. The van der Waals surface area contributed by atoms with E-state index in [1.165, 1.54) is 0 Å². The zero-order valence-electron chi connectivity index (χ0n) is 6.58. The van der Waals surface area contributed by atoms with Crippen molar-refractivity contribution >= 4 is 0 Å². The molecule has 0 spiro atoms. The average Bonchev–Trinajstić information content (AvgIpc) is 2.55. The van der Waals surface area contributed by atoms with Gasteiger partial charge in [-0.25, -0.2) is 8.78 Å². The Morgan fingerprint density at radius 1 is 1.50 bits per heavy atom. The van der Waals surface area contributed by atoms with E-state index in [1.54, 1.807) is 23.1 Å². The van der Waals surface area contributed by atoms with Gasteiger partial charge in [0.15, 0.2) is 0 Å². The van der Waals surface area contributed by atoms with Crippen LogP contribution in [0, 0.1) is 0 Å². The molecule has 1 atom stereocenters. The Morgan fingerprint density at radius 2 is 2.33 bits per heavy atom. The van der Waals surface area contributed by atoms with E-state index in [2.05, 4.69) is 5.10 Å². The second-order valence-electron chi connectivity index (χ2n) is 3.24. The first kappa shape index (κ1) is 7.71. The van der Waals surface area contributed by atoms with Gasteiger partial charge in [-0.1, -0.05) is 0 Å². The van der Waals surface area contributed by atoms with Crippen LogP contribution in [-0.4, -0.2) is 15.7 Å². The molecule has 0 aromatic carbocycles. The lowest BCUT2D eigenvalue weighted by Gasteiger charge is -2.10. The maximum atomic E-state index is 12.7. The van der Waals surface area contributed by atoms with Crippen LogP contribution in [0.15, 0.2) is 18.5 Å². The fourth-order valence-electron chi connectivity index (χ4n) is 1.65. The van der Waals surface area contributed by atoms with Crippen molar-refractivity contribution in [2.45, 2.75) is 31.2 Å². The van der Waals surface area contributed by atoms with E-state index < -0.39 is 5.92 Å². The van der Waals surface area contributed by atoms with Crippen LogP contribution in [0.4, 0.5) is 8.78 Å². The van der Waals surface area contributed by atoms with E-state index in [1.807, 2.05) is 0 Å². The van der Waals surface area contributed by atoms with E-state index in [0.29, 0.717) is 6.42 Å². The zero-order valence-corrected chi connectivity index (χ0v) is 6.58. The van der Waals surface area contributed by atoms with Crippen molar-refractivity contribution in [3.05, 3.63) is 18.5 Å². The molecule has 2 rings (SSSR count). The lowest BCUT2D eigenvalue weighted by Crippen LogP contribution is -2.12. The predicted octanol–water partition coefficient (Wildman–Crippen LogP) is 2.24. The topological polar surface area (TPSA) is 17.8 Å². The van der Waals surface area contributed by atoms with Crippen LogP contribution in [0.2, 0.25) is 0 Å². The molecule has 1 aliphatic rings. The van der Waals surface area contributed by atoms with Crippen molar-refractivity contribution in [3.63, 3.8) is 0 Å². The summed E-state index contributed by atoms with van der Waals surface area (Å²) in [5.41, 5.74) is 0. The third-order valence-corrected chi connectivity index (χ3v) is 2.28. The molecular weight excluding hydrogens is 162 g/mol. The standard InChI is InChI=1S/C8H10F2N2/c9-8(10)3-2-7(6-8)12-5-1-4-11-12/h1,4-5,7H,2-3,6H2. The number of hydrogen-bond acceptors (Lipinski definition) is 1. The van der Waals surface area contributed by atoms with Crippen LogP contribution in [0.5, 0.6) is 0 Å². The van der Waals surface area contributed by atoms with E-state index in [4.69, 9.17) is 0 Å². The Morgan fingerprint density at radius 3 is 2.83 bits per heavy atom. The van der Waals surface area contributed by atoms with Gasteiger partial charge in [0.1, 0.15) is 0 Å². The maximum absolute atomic E-state index is 12.7. The highest BCUT2D eigenvalue weighted by atomic mass is 19.3. The van der Waals surface area contributed by atoms with E-state index >= 15 is 0 Å². The van der Waals surface area contributed by atoms with Crippen molar-refractivity contribution in [3.8, 4) is 0 Å². The molecule has 1 saturated carbocycles. The lowest BCUT2D eigenvalue weighted by atomic mass is 10.2. The van der Waals surface area contributed by atoms with Crippen LogP contribution in [0.1, 0.15) is 25.3 Å². The molecule has 12 heavy (non-hydrogen) atoms. The summed E-state index contributed by atoms with van der Waals surface area (Å²) in [5, 5.41) is 3.95. The summed E-state index contributed by atoms with van der Waals surface area (Å²) in [6.45, 7) is 0. The quantitative estimate of drug-likeness (QED) is 0.635. The van der Waals surface area contributed by atoms with Gasteiger partial charge < -0.3 is 0 Å². The molecule has 1 heterocycles. The van der Waals surface area contributed by atoms with Gasteiger partial charge in [0.2, 0.25) is 5.92 Å². The van der Waals surface area contributed by atoms with Crippen LogP contribution in [-0.2, 0) is 0 Å². The predicted molar refractivity (Wildman–Crippen MR) is 40.1 cm³/mol. The number of rotatable bonds is 1. The van der Waals surface area contributed by atoms with Crippen molar-refractivity contribution < 1.29 is 8.78 Å². The Balaban J connectivity index is 2.10. The Bertz CT molecular complexity index is 256. The lowest BCUT2D eigenvalue weighted by molar-refractivity contribution is 0.00519. The smallest absolute Gasteiger partial charge is 0.250 e. The van der Waals surface area contributed by atoms with Crippen LogP contribution < -0.4 is 0 Å². The van der Waals surface area contributed by atoms with Gasteiger partial charge in [0.25, 0.3) is 0 Å². The Kier molecular flexibility index (Phi) is 1.63. The summed E-state index contributed by atoms with van der Waals surface area (Å²) in [6, 6.07) is 1.66. The molecule has 66 valence electrons. The molecule has 0 aliphatic heterocycles. The summed E-state index contributed by atoms with van der Waals surface area (Å²) in [5.74, 6) is -2.48. The van der Waals surface area contributed by atoms with Crippen molar-refractivity contribution in [2.24, 2.45) is 0 Å². The maximum Gasteiger partial charge on any atom is 0.250 e. The van der Waals surface area contributed by atoms with Gasteiger partial charge in [-0.15, -0.1) is 0 Å². The monoisotopic (exact) mass is 172 g/mol. The Labute approximate surface area is 69.2 Å². The summed E-state index contributed by atoms with van der Waals surface area (Å²) in [7, 11) is 0. The molecule has 0 amide bonds. The summed E-state index contributed by atoms with van der Waals surface area (Å²) in [6.07, 6.45) is 3.84. The minimum Gasteiger partial charge on any atom is -0.269 e. The number of halogens is 2. The van der Waals surface area contributed by atoms with Gasteiger partial charge in [-0.3, -0.25) is 4.68 Å². The second-order valence-corrected chi connectivity index (χ2v) is 3.24. The molecule has 1 unspecified atom stereocenters. The molecule has 1 aromatic heterocycles. The summed E-state index contributed by atoms with van der Waals surface area (Å²) >= 11 is 0.